The van der Waals surface area contributed by atoms with Gasteiger partial charge in [-0.1, -0.05) is 13.8 Å². The van der Waals surface area contributed by atoms with E-state index in [-0.39, 0.29) is 6.10 Å². The van der Waals surface area contributed by atoms with E-state index in [1.807, 2.05) is 7.11 Å². The van der Waals surface area contributed by atoms with E-state index in [0.29, 0.717) is 16.9 Å². The number of hydrogen-bond donors (Lipinski definition) is 1. The van der Waals surface area contributed by atoms with Gasteiger partial charge in [-0.15, -0.1) is 11.8 Å². The largest absolute Gasteiger partial charge is 0.393 e. The lowest BCUT2D eigenvalue weighted by molar-refractivity contribution is -0.144. The summed E-state index contributed by atoms with van der Waals surface area (Å²) in [6, 6.07) is 0. The fourth-order valence-electron chi connectivity index (χ4n) is 8.33. The maximum atomic E-state index is 10.2. The maximum Gasteiger partial charge on any atom is 0.0630 e. The molecule has 0 aromatic carbocycles. The van der Waals surface area contributed by atoms with Crippen molar-refractivity contribution in [2.45, 2.75) is 103 Å². The molecule has 1 N–H and O–H groups in total. The van der Waals surface area contributed by atoms with Crippen molar-refractivity contribution in [1.29, 1.82) is 0 Å². The molecule has 2 heteroatoms. The molecular weight excluding hydrogens is 332 g/mol. The third-order valence-electron chi connectivity index (χ3n) is 9.58. The Labute approximate surface area is 166 Å². The number of hydrogen-bond acceptors (Lipinski definition) is 2. The Morgan fingerprint density at radius 3 is 2.63 bits per heavy atom. The summed E-state index contributed by atoms with van der Waals surface area (Å²) in [6.07, 6.45) is 15.1. The minimum absolute atomic E-state index is 0.0381. The van der Waals surface area contributed by atoms with Gasteiger partial charge in [0.25, 0.3) is 0 Å². The Bertz CT molecular complexity index is 589. The van der Waals surface area contributed by atoms with Gasteiger partial charge in [0, 0.05) is 25.4 Å². The SMILES string of the molecule is CCC#CCC[C@]12CC[C@H]3[C@@H](CC[C@@H]4C[C@H](O)CC[C@@]43C)[C@@H]1CC[C@@H]2OC. The first-order chi connectivity index (χ1) is 13.0. The standard InChI is InChI=1S/C25H40O2/c1-4-5-6-7-14-25-16-13-21-20(22(25)10-11-23(25)27-3)9-8-18-17-19(26)12-15-24(18,21)2/h18-23,26H,4,7-17H2,1-3H3/t18-,19-,20-,21+,22+,23+,24+,25+/m1/s1. The molecule has 0 aliphatic heterocycles. The normalized spacial score (nSPS) is 48.7. The Hall–Kier alpha value is -0.520. The molecule has 4 saturated carbocycles. The van der Waals surface area contributed by atoms with Gasteiger partial charge in [-0.05, 0) is 93.3 Å². The van der Waals surface area contributed by atoms with Gasteiger partial charge in [0.1, 0.15) is 0 Å². The molecule has 0 aromatic rings. The van der Waals surface area contributed by atoms with E-state index >= 15 is 0 Å². The molecule has 0 radical (unpaired) electrons. The van der Waals surface area contributed by atoms with Crippen molar-refractivity contribution >= 4 is 0 Å². The second-order valence-electron chi connectivity index (χ2n) is 10.4. The van der Waals surface area contributed by atoms with Crippen molar-refractivity contribution in [2.75, 3.05) is 7.11 Å². The van der Waals surface area contributed by atoms with Crippen LogP contribution in [-0.4, -0.2) is 24.4 Å². The lowest BCUT2D eigenvalue weighted by atomic mass is 9.44. The van der Waals surface area contributed by atoms with Gasteiger partial charge in [0.05, 0.1) is 12.2 Å². The number of aliphatic hydroxyl groups is 1. The molecule has 0 heterocycles. The molecule has 0 saturated heterocycles. The van der Waals surface area contributed by atoms with Crippen LogP contribution >= 0.6 is 0 Å². The Kier molecular flexibility index (Phi) is 5.65. The number of rotatable bonds is 3. The van der Waals surface area contributed by atoms with Gasteiger partial charge in [0.2, 0.25) is 0 Å². The van der Waals surface area contributed by atoms with Crippen LogP contribution in [0.1, 0.15) is 90.9 Å². The van der Waals surface area contributed by atoms with Crippen LogP contribution in [0.4, 0.5) is 0 Å². The van der Waals surface area contributed by atoms with Crippen molar-refractivity contribution < 1.29 is 9.84 Å². The second-order valence-corrected chi connectivity index (χ2v) is 10.4. The summed E-state index contributed by atoms with van der Waals surface area (Å²) in [5, 5.41) is 10.2. The van der Waals surface area contributed by atoms with Crippen molar-refractivity contribution in [2.24, 2.45) is 34.5 Å². The smallest absolute Gasteiger partial charge is 0.0630 e. The summed E-state index contributed by atoms with van der Waals surface area (Å²) < 4.78 is 6.09. The first-order valence-corrected chi connectivity index (χ1v) is 11.7. The minimum Gasteiger partial charge on any atom is -0.393 e. The number of aliphatic hydroxyl groups excluding tert-OH is 1. The molecule has 8 atom stereocenters. The molecule has 27 heavy (non-hydrogen) atoms. The fraction of sp³-hybridized carbons (Fsp3) is 0.920. The van der Waals surface area contributed by atoms with E-state index in [1.165, 1.54) is 51.4 Å². The highest BCUT2D eigenvalue weighted by Gasteiger charge is 2.61. The lowest BCUT2D eigenvalue weighted by Crippen LogP contribution is -2.55. The molecule has 4 aliphatic carbocycles. The van der Waals surface area contributed by atoms with Crippen LogP contribution in [0, 0.1) is 46.3 Å². The zero-order chi connectivity index (χ0) is 19.1. The summed E-state index contributed by atoms with van der Waals surface area (Å²) in [4.78, 5) is 0. The number of fused-ring (bicyclic) bond motifs is 5. The molecule has 4 rings (SSSR count). The van der Waals surface area contributed by atoms with Gasteiger partial charge in [-0.3, -0.25) is 0 Å². The van der Waals surface area contributed by atoms with Crippen molar-refractivity contribution in [3.63, 3.8) is 0 Å². The first kappa shape index (κ1) is 19.8. The molecule has 0 amide bonds. The Balaban J connectivity index is 1.57. The third-order valence-corrected chi connectivity index (χ3v) is 9.58. The van der Waals surface area contributed by atoms with Crippen LogP contribution in [0.2, 0.25) is 0 Å². The van der Waals surface area contributed by atoms with Gasteiger partial charge in [0.15, 0.2) is 0 Å². The molecule has 152 valence electrons. The van der Waals surface area contributed by atoms with Gasteiger partial charge in [-0.25, -0.2) is 0 Å². The predicted octanol–water partition coefficient (Wildman–Crippen LogP) is 5.58. The quantitative estimate of drug-likeness (QED) is 0.655. The van der Waals surface area contributed by atoms with E-state index in [4.69, 9.17) is 4.74 Å². The molecule has 0 bridgehead atoms. The Morgan fingerprint density at radius 1 is 1.00 bits per heavy atom. The van der Waals surface area contributed by atoms with E-state index in [2.05, 4.69) is 25.7 Å². The second kappa shape index (κ2) is 7.72. The topological polar surface area (TPSA) is 29.5 Å². The molecule has 0 unspecified atom stereocenters. The molecular formula is C25H40O2. The molecule has 2 nitrogen and oxygen atoms in total. The third kappa shape index (κ3) is 3.18. The van der Waals surface area contributed by atoms with Gasteiger partial charge in [-0.2, -0.15) is 0 Å². The van der Waals surface area contributed by atoms with Crippen LogP contribution in [0.15, 0.2) is 0 Å². The number of methoxy groups -OCH3 is 1. The summed E-state index contributed by atoms with van der Waals surface area (Å²) >= 11 is 0. The summed E-state index contributed by atoms with van der Waals surface area (Å²) in [7, 11) is 1.94. The van der Waals surface area contributed by atoms with Crippen molar-refractivity contribution in [3.8, 4) is 11.8 Å². The average molecular weight is 373 g/mol. The highest BCUT2D eigenvalue weighted by atomic mass is 16.5. The van der Waals surface area contributed by atoms with Crippen LogP contribution in [0.3, 0.4) is 0 Å². The number of ether oxygens (including phenoxy) is 1. The highest BCUT2D eigenvalue weighted by molar-refractivity contribution is 5.12. The summed E-state index contributed by atoms with van der Waals surface area (Å²) in [5.74, 6) is 10.1. The van der Waals surface area contributed by atoms with Gasteiger partial charge < -0.3 is 9.84 Å². The first-order valence-electron chi connectivity index (χ1n) is 11.7. The molecule has 4 fully saturated rings. The van der Waals surface area contributed by atoms with E-state index in [0.717, 1.165) is 49.4 Å². The Morgan fingerprint density at radius 2 is 1.85 bits per heavy atom. The highest BCUT2D eigenvalue weighted by Crippen LogP contribution is 2.67. The maximum absolute atomic E-state index is 10.2. The van der Waals surface area contributed by atoms with Crippen molar-refractivity contribution in [1.82, 2.24) is 0 Å². The zero-order valence-electron chi connectivity index (χ0n) is 17.8. The monoisotopic (exact) mass is 372 g/mol. The average Bonchev–Trinajstić information content (AvgIpc) is 3.04. The van der Waals surface area contributed by atoms with Crippen LogP contribution in [-0.2, 0) is 4.74 Å². The van der Waals surface area contributed by atoms with Gasteiger partial charge >= 0.3 is 0 Å². The lowest BCUT2D eigenvalue weighted by Gasteiger charge is -2.61. The predicted molar refractivity (Wildman–Crippen MR) is 110 cm³/mol. The zero-order valence-corrected chi connectivity index (χ0v) is 17.8. The van der Waals surface area contributed by atoms with E-state index in [1.54, 1.807) is 0 Å². The fourth-order valence-corrected chi connectivity index (χ4v) is 8.33. The van der Waals surface area contributed by atoms with E-state index in [9.17, 15) is 5.11 Å². The van der Waals surface area contributed by atoms with E-state index < -0.39 is 0 Å². The minimum atomic E-state index is -0.0381. The molecule has 0 aromatic heterocycles. The van der Waals surface area contributed by atoms with Crippen LogP contribution < -0.4 is 0 Å². The van der Waals surface area contributed by atoms with Crippen LogP contribution in [0.25, 0.3) is 0 Å². The van der Waals surface area contributed by atoms with Crippen LogP contribution in [0.5, 0.6) is 0 Å². The summed E-state index contributed by atoms with van der Waals surface area (Å²) in [6.45, 7) is 4.73. The van der Waals surface area contributed by atoms with Crippen molar-refractivity contribution in [3.05, 3.63) is 0 Å². The molecule has 0 spiro atoms. The molecule has 4 aliphatic rings. The summed E-state index contributed by atoms with van der Waals surface area (Å²) in [5.41, 5.74) is 0.858.